The topological polar surface area (TPSA) is 29.3 Å². The summed E-state index contributed by atoms with van der Waals surface area (Å²) in [5, 5.41) is 0. The molecule has 0 saturated heterocycles. The summed E-state index contributed by atoms with van der Waals surface area (Å²) in [4.78, 5) is 2.63. The van der Waals surface area contributed by atoms with Crippen LogP contribution in [-0.4, -0.2) is 24.5 Å². The van der Waals surface area contributed by atoms with Gasteiger partial charge in [-0.25, -0.2) is 0 Å². The second-order valence-electron chi connectivity index (χ2n) is 6.49. The number of hydrogen-bond acceptors (Lipinski definition) is 2. The number of nitrogen functional groups attached to an aromatic ring is 1. The van der Waals surface area contributed by atoms with Gasteiger partial charge >= 0.3 is 0 Å². The van der Waals surface area contributed by atoms with E-state index >= 15 is 0 Å². The van der Waals surface area contributed by atoms with E-state index in [1.54, 1.807) is 0 Å². The van der Waals surface area contributed by atoms with Crippen LogP contribution < -0.4 is 5.73 Å². The van der Waals surface area contributed by atoms with Gasteiger partial charge in [-0.1, -0.05) is 52.7 Å². The number of anilines is 1. The normalized spacial score (nSPS) is 12.1. The fraction of sp³-hybridized carbons (Fsp3) is 0.667. The Morgan fingerprint density at radius 1 is 0.950 bits per heavy atom. The molecule has 0 radical (unpaired) electrons. The van der Waals surface area contributed by atoms with Crippen molar-refractivity contribution in [1.29, 1.82) is 0 Å². The zero-order valence-electron chi connectivity index (χ0n) is 13.8. The molecule has 0 aliphatic rings. The lowest BCUT2D eigenvalue weighted by Crippen LogP contribution is -2.38. The molecule has 1 aromatic carbocycles. The molecule has 0 atom stereocenters. The highest BCUT2D eigenvalue weighted by atomic mass is 15.1. The van der Waals surface area contributed by atoms with Gasteiger partial charge in [-0.05, 0) is 43.6 Å². The third-order valence-corrected chi connectivity index (χ3v) is 3.97. The summed E-state index contributed by atoms with van der Waals surface area (Å²) in [6, 6.07) is 8.37. The van der Waals surface area contributed by atoms with E-state index in [0.717, 1.165) is 12.2 Å². The number of unbranched alkanes of at least 4 members (excludes halogenated alkanes) is 2. The molecule has 0 bridgehead atoms. The SMILES string of the molecule is CCCCN(CCCC)CC(C)(C)c1ccc(N)cc1. The molecule has 0 fully saturated rings. The predicted molar refractivity (Wildman–Crippen MR) is 90.1 cm³/mol. The largest absolute Gasteiger partial charge is 0.399 e. The zero-order valence-corrected chi connectivity index (χ0v) is 13.8. The maximum Gasteiger partial charge on any atom is 0.0314 e. The molecule has 2 heteroatoms. The Kier molecular flexibility index (Phi) is 7.08. The van der Waals surface area contributed by atoms with E-state index in [-0.39, 0.29) is 5.41 Å². The monoisotopic (exact) mass is 276 g/mol. The predicted octanol–water partition coefficient (Wildman–Crippen LogP) is 4.45. The molecule has 0 aliphatic heterocycles. The first-order valence-electron chi connectivity index (χ1n) is 8.08. The average molecular weight is 276 g/mol. The third kappa shape index (κ3) is 5.54. The van der Waals surface area contributed by atoms with Crippen molar-refractivity contribution in [1.82, 2.24) is 4.90 Å². The molecule has 0 aromatic heterocycles. The molecule has 0 unspecified atom stereocenters. The van der Waals surface area contributed by atoms with Crippen molar-refractivity contribution < 1.29 is 0 Å². The minimum absolute atomic E-state index is 0.176. The molecule has 0 spiro atoms. The Balaban J connectivity index is 2.70. The lowest BCUT2D eigenvalue weighted by Gasteiger charge is -2.33. The van der Waals surface area contributed by atoms with E-state index in [9.17, 15) is 0 Å². The minimum Gasteiger partial charge on any atom is -0.399 e. The van der Waals surface area contributed by atoms with Crippen molar-refractivity contribution >= 4 is 5.69 Å². The smallest absolute Gasteiger partial charge is 0.0314 e. The molecule has 2 nitrogen and oxygen atoms in total. The molecule has 0 saturated carbocycles. The van der Waals surface area contributed by atoms with Crippen LogP contribution in [0.25, 0.3) is 0 Å². The number of nitrogens with zero attached hydrogens (tertiary/aromatic N) is 1. The van der Waals surface area contributed by atoms with Crippen LogP contribution in [0.1, 0.15) is 58.9 Å². The summed E-state index contributed by atoms with van der Waals surface area (Å²) >= 11 is 0. The van der Waals surface area contributed by atoms with E-state index in [2.05, 4.69) is 44.7 Å². The first kappa shape index (κ1) is 17.0. The van der Waals surface area contributed by atoms with Crippen LogP contribution in [-0.2, 0) is 5.41 Å². The highest BCUT2D eigenvalue weighted by molar-refractivity contribution is 5.41. The first-order valence-corrected chi connectivity index (χ1v) is 8.08. The summed E-state index contributed by atoms with van der Waals surface area (Å²) in [5.41, 5.74) is 8.19. The van der Waals surface area contributed by atoms with Crippen LogP contribution in [0.5, 0.6) is 0 Å². The Bertz CT molecular complexity index is 360. The maximum atomic E-state index is 5.79. The summed E-state index contributed by atoms with van der Waals surface area (Å²) < 4.78 is 0. The molecule has 20 heavy (non-hydrogen) atoms. The lowest BCUT2D eigenvalue weighted by molar-refractivity contribution is 0.217. The van der Waals surface area contributed by atoms with E-state index < -0.39 is 0 Å². The molecule has 114 valence electrons. The summed E-state index contributed by atoms with van der Waals surface area (Å²) in [6.07, 6.45) is 5.12. The molecule has 2 N–H and O–H groups in total. The van der Waals surface area contributed by atoms with E-state index in [1.165, 1.54) is 44.3 Å². The Hall–Kier alpha value is -1.02. The first-order chi connectivity index (χ1) is 9.49. The molecule has 1 rings (SSSR count). The van der Waals surface area contributed by atoms with Gasteiger partial charge in [0.15, 0.2) is 0 Å². The van der Waals surface area contributed by atoms with Gasteiger partial charge in [0.2, 0.25) is 0 Å². The quantitative estimate of drug-likeness (QED) is 0.675. The van der Waals surface area contributed by atoms with Crippen LogP contribution in [0.4, 0.5) is 5.69 Å². The van der Waals surface area contributed by atoms with Crippen molar-refractivity contribution in [3.63, 3.8) is 0 Å². The van der Waals surface area contributed by atoms with Crippen LogP contribution >= 0.6 is 0 Å². The zero-order chi connectivity index (χ0) is 15.0. The average Bonchev–Trinajstić information content (AvgIpc) is 2.42. The van der Waals surface area contributed by atoms with E-state index in [1.807, 2.05) is 12.1 Å². The molecular formula is C18H32N2. The summed E-state index contributed by atoms with van der Waals surface area (Å²) in [5.74, 6) is 0. The number of nitrogens with two attached hydrogens (primary N) is 1. The Morgan fingerprint density at radius 3 is 1.90 bits per heavy atom. The van der Waals surface area contributed by atoms with Gasteiger partial charge in [-0.2, -0.15) is 0 Å². The number of hydrogen-bond donors (Lipinski definition) is 1. The van der Waals surface area contributed by atoms with Crippen LogP contribution in [0, 0.1) is 0 Å². The van der Waals surface area contributed by atoms with Crippen molar-refractivity contribution in [3.8, 4) is 0 Å². The fourth-order valence-electron chi connectivity index (χ4n) is 2.62. The van der Waals surface area contributed by atoms with Crippen molar-refractivity contribution in [3.05, 3.63) is 29.8 Å². The van der Waals surface area contributed by atoms with Gasteiger partial charge in [-0.3, -0.25) is 0 Å². The summed E-state index contributed by atoms with van der Waals surface area (Å²) in [7, 11) is 0. The van der Waals surface area contributed by atoms with Gasteiger partial charge in [0.05, 0.1) is 0 Å². The Morgan fingerprint density at radius 2 is 1.45 bits per heavy atom. The summed E-state index contributed by atoms with van der Waals surface area (Å²) in [6.45, 7) is 12.8. The van der Waals surface area contributed by atoms with Crippen molar-refractivity contribution in [2.75, 3.05) is 25.4 Å². The highest BCUT2D eigenvalue weighted by Gasteiger charge is 2.23. The van der Waals surface area contributed by atoms with Crippen molar-refractivity contribution in [2.45, 2.75) is 58.8 Å². The molecule has 0 heterocycles. The van der Waals surface area contributed by atoms with Gasteiger partial charge < -0.3 is 10.6 Å². The third-order valence-electron chi connectivity index (χ3n) is 3.97. The highest BCUT2D eigenvalue weighted by Crippen LogP contribution is 2.25. The van der Waals surface area contributed by atoms with Gasteiger partial charge in [-0.15, -0.1) is 0 Å². The molecule has 1 aromatic rings. The number of rotatable bonds is 9. The Labute approximate surface area is 125 Å². The van der Waals surface area contributed by atoms with E-state index in [4.69, 9.17) is 5.73 Å². The van der Waals surface area contributed by atoms with Crippen LogP contribution in [0.3, 0.4) is 0 Å². The molecule has 0 amide bonds. The van der Waals surface area contributed by atoms with Crippen LogP contribution in [0.15, 0.2) is 24.3 Å². The van der Waals surface area contributed by atoms with E-state index in [0.29, 0.717) is 0 Å². The fourth-order valence-corrected chi connectivity index (χ4v) is 2.62. The molecular weight excluding hydrogens is 244 g/mol. The second kappa shape index (κ2) is 8.31. The van der Waals surface area contributed by atoms with Gasteiger partial charge in [0.1, 0.15) is 0 Å². The second-order valence-corrected chi connectivity index (χ2v) is 6.49. The van der Waals surface area contributed by atoms with Crippen LogP contribution in [0.2, 0.25) is 0 Å². The number of benzene rings is 1. The minimum atomic E-state index is 0.176. The maximum absolute atomic E-state index is 5.79. The van der Waals surface area contributed by atoms with Crippen molar-refractivity contribution in [2.24, 2.45) is 0 Å². The molecule has 0 aliphatic carbocycles. The van der Waals surface area contributed by atoms with Gasteiger partial charge in [0, 0.05) is 17.6 Å². The lowest BCUT2D eigenvalue weighted by atomic mass is 9.84. The van der Waals surface area contributed by atoms with Gasteiger partial charge in [0.25, 0.3) is 0 Å². The standard InChI is InChI=1S/C18H32N2/c1-5-7-13-20(14-8-6-2)15-18(3,4)16-9-11-17(19)12-10-16/h9-12H,5-8,13-15,19H2,1-4H3.